The molecule has 3 aromatic rings. The molecule has 0 unspecified atom stereocenters. The first kappa shape index (κ1) is 23.2. The van der Waals surface area contributed by atoms with Crippen LogP contribution in [-0.4, -0.2) is 40.6 Å². The maximum atomic E-state index is 12.5. The van der Waals surface area contributed by atoms with E-state index in [1.807, 2.05) is 35.8 Å². The summed E-state index contributed by atoms with van der Waals surface area (Å²) in [5.41, 5.74) is 1.73. The van der Waals surface area contributed by atoms with Crippen LogP contribution < -0.4 is 19.5 Å². The maximum Gasteiger partial charge on any atom is 0.234 e. The van der Waals surface area contributed by atoms with Crippen LogP contribution in [0.4, 0.5) is 5.69 Å². The minimum absolute atomic E-state index is 0.156. The Morgan fingerprint density at radius 1 is 1.12 bits per heavy atom. The van der Waals surface area contributed by atoms with Gasteiger partial charge in [0.1, 0.15) is 23.9 Å². The minimum atomic E-state index is -0.191. The van der Waals surface area contributed by atoms with Crippen molar-refractivity contribution in [2.75, 3.05) is 25.3 Å². The molecule has 0 saturated carbocycles. The normalized spacial score (nSPS) is 10.5. The van der Waals surface area contributed by atoms with Gasteiger partial charge in [-0.2, -0.15) is 0 Å². The molecule has 1 N–H and O–H groups in total. The molecule has 1 amide bonds. The van der Waals surface area contributed by atoms with Crippen molar-refractivity contribution in [2.24, 2.45) is 0 Å². The van der Waals surface area contributed by atoms with Gasteiger partial charge in [-0.05, 0) is 31.2 Å². The largest absolute Gasteiger partial charge is 0.497 e. The Bertz CT molecular complexity index is 1070. The van der Waals surface area contributed by atoms with Crippen LogP contribution in [0.5, 0.6) is 17.2 Å². The highest BCUT2D eigenvalue weighted by Gasteiger charge is 2.15. The van der Waals surface area contributed by atoms with Crippen molar-refractivity contribution in [1.29, 1.82) is 0 Å². The van der Waals surface area contributed by atoms with Crippen LogP contribution >= 0.6 is 11.8 Å². The molecule has 0 fully saturated rings. The zero-order valence-corrected chi connectivity index (χ0v) is 19.1. The highest BCUT2D eigenvalue weighted by molar-refractivity contribution is 7.99. The SMILES string of the molecule is C=CCn1c(COc2ccc(C)cc2)nnc1SCC(=O)Nc1ccc(OC)cc1OC. The third kappa shape index (κ3) is 6.04. The van der Waals surface area contributed by atoms with Crippen molar-refractivity contribution in [3.05, 3.63) is 66.5 Å². The number of methoxy groups -OCH3 is 2. The molecule has 0 aliphatic heterocycles. The lowest BCUT2D eigenvalue weighted by atomic mass is 10.2. The van der Waals surface area contributed by atoms with Crippen molar-refractivity contribution in [1.82, 2.24) is 14.8 Å². The number of ether oxygens (including phenoxy) is 3. The lowest BCUT2D eigenvalue weighted by Gasteiger charge is -2.12. The number of allylic oxidation sites excluding steroid dienone is 1. The number of nitrogens with zero attached hydrogens (tertiary/aromatic N) is 3. The molecular formula is C23H26N4O4S. The van der Waals surface area contributed by atoms with Crippen molar-refractivity contribution in [3.8, 4) is 17.2 Å². The molecule has 0 radical (unpaired) electrons. The predicted octanol–water partition coefficient (Wildman–Crippen LogP) is 4.10. The highest BCUT2D eigenvalue weighted by atomic mass is 32.2. The van der Waals surface area contributed by atoms with E-state index in [2.05, 4.69) is 22.1 Å². The Balaban J connectivity index is 1.62. The van der Waals surface area contributed by atoms with Gasteiger partial charge in [0, 0.05) is 12.6 Å². The molecule has 168 valence electrons. The quantitative estimate of drug-likeness (QED) is 0.345. The van der Waals surface area contributed by atoms with Gasteiger partial charge in [0.05, 0.1) is 25.7 Å². The molecule has 1 aromatic heterocycles. The van der Waals surface area contributed by atoms with E-state index < -0.39 is 0 Å². The number of rotatable bonds is 11. The highest BCUT2D eigenvalue weighted by Crippen LogP contribution is 2.29. The smallest absolute Gasteiger partial charge is 0.234 e. The Hall–Kier alpha value is -3.46. The van der Waals surface area contributed by atoms with Crippen LogP contribution in [0.2, 0.25) is 0 Å². The fourth-order valence-corrected chi connectivity index (χ4v) is 3.61. The average molecular weight is 455 g/mol. The van der Waals surface area contributed by atoms with E-state index in [0.717, 1.165) is 11.3 Å². The molecular weight excluding hydrogens is 428 g/mol. The van der Waals surface area contributed by atoms with Crippen molar-refractivity contribution in [3.63, 3.8) is 0 Å². The third-order valence-electron chi connectivity index (χ3n) is 4.51. The first-order valence-electron chi connectivity index (χ1n) is 9.91. The Kier molecular flexibility index (Phi) is 8.15. The predicted molar refractivity (Wildman–Crippen MR) is 125 cm³/mol. The number of anilines is 1. The van der Waals surface area contributed by atoms with Crippen molar-refractivity contribution < 1.29 is 19.0 Å². The zero-order valence-electron chi connectivity index (χ0n) is 18.3. The van der Waals surface area contributed by atoms with Gasteiger partial charge in [-0.3, -0.25) is 9.36 Å². The first-order chi connectivity index (χ1) is 15.5. The first-order valence-corrected chi connectivity index (χ1v) is 10.9. The van der Waals surface area contributed by atoms with Gasteiger partial charge in [0.15, 0.2) is 11.0 Å². The second-order valence-electron chi connectivity index (χ2n) is 6.80. The van der Waals surface area contributed by atoms with Gasteiger partial charge in [0.25, 0.3) is 0 Å². The van der Waals surface area contributed by atoms with Crippen LogP contribution in [0.3, 0.4) is 0 Å². The lowest BCUT2D eigenvalue weighted by Crippen LogP contribution is -2.15. The van der Waals surface area contributed by atoms with Crippen LogP contribution in [0.1, 0.15) is 11.4 Å². The molecule has 1 heterocycles. The minimum Gasteiger partial charge on any atom is -0.497 e. The van der Waals surface area contributed by atoms with Gasteiger partial charge in [0.2, 0.25) is 5.91 Å². The van der Waals surface area contributed by atoms with Crippen LogP contribution in [0, 0.1) is 6.92 Å². The molecule has 0 aliphatic carbocycles. The zero-order chi connectivity index (χ0) is 22.9. The van der Waals surface area contributed by atoms with Crippen LogP contribution in [-0.2, 0) is 17.9 Å². The summed E-state index contributed by atoms with van der Waals surface area (Å²) in [6.45, 7) is 6.60. The van der Waals surface area contributed by atoms with Crippen LogP contribution in [0.25, 0.3) is 0 Å². The Morgan fingerprint density at radius 2 is 1.88 bits per heavy atom. The van der Waals surface area contributed by atoms with E-state index in [0.29, 0.717) is 34.7 Å². The second kappa shape index (κ2) is 11.2. The summed E-state index contributed by atoms with van der Waals surface area (Å²) >= 11 is 1.29. The van der Waals surface area contributed by atoms with Gasteiger partial charge in [-0.15, -0.1) is 16.8 Å². The maximum absolute atomic E-state index is 12.5. The van der Waals surface area contributed by atoms with Crippen molar-refractivity contribution in [2.45, 2.75) is 25.2 Å². The number of aryl methyl sites for hydroxylation is 1. The number of amides is 1. The number of carbonyl (C=O) groups is 1. The van der Waals surface area contributed by atoms with Gasteiger partial charge in [-0.1, -0.05) is 35.5 Å². The number of hydrogen-bond acceptors (Lipinski definition) is 7. The average Bonchev–Trinajstić information content (AvgIpc) is 3.19. The number of benzene rings is 2. The summed E-state index contributed by atoms with van der Waals surface area (Å²) in [7, 11) is 3.11. The van der Waals surface area contributed by atoms with E-state index in [-0.39, 0.29) is 18.3 Å². The van der Waals surface area contributed by atoms with E-state index in [1.165, 1.54) is 18.9 Å². The summed E-state index contributed by atoms with van der Waals surface area (Å²) < 4.78 is 18.2. The number of thioether (sulfide) groups is 1. The summed E-state index contributed by atoms with van der Waals surface area (Å²) in [5, 5.41) is 11.9. The summed E-state index contributed by atoms with van der Waals surface area (Å²) in [6.07, 6.45) is 1.76. The monoisotopic (exact) mass is 454 g/mol. The molecule has 0 atom stereocenters. The van der Waals surface area contributed by atoms with Gasteiger partial charge < -0.3 is 19.5 Å². The molecule has 0 spiro atoms. The number of aromatic nitrogens is 3. The summed E-state index contributed by atoms with van der Waals surface area (Å²) in [4.78, 5) is 12.5. The number of nitrogens with one attached hydrogen (secondary N) is 1. The molecule has 0 aliphatic rings. The molecule has 9 heteroatoms. The Labute approximate surface area is 191 Å². The topological polar surface area (TPSA) is 87.5 Å². The van der Waals surface area contributed by atoms with Gasteiger partial charge >= 0.3 is 0 Å². The summed E-state index contributed by atoms with van der Waals surface area (Å²) in [5.74, 6) is 2.55. The van der Waals surface area contributed by atoms with Gasteiger partial charge in [-0.25, -0.2) is 0 Å². The van der Waals surface area contributed by atoms with E-state index in [1.54, 1.807) is 31.4 Å². The lowest BCUT2D eigenvalue weighted by molar-refractivity contribution is -0.113. The van der Waals surface area contributed by atoms with E-state index in [4.69, 9.17) is 14.2 Å². The fourth-order valence-electron chi connectivity index (χ4n) is 2.85. The molecule has 3 rings (SSSR count). The molecule has 0 saturated heterocycles. The van der Waals surface area contributed by atoms with Crippen LogP contribution in [0.15, 0.2) is 60.3 Å². The fraction of sp³-hybridized carbons (Fsp3) is 0.261. The standard InChI is InChI=1S/C23H26N4O4S/c1-5-12-27-21(14-31-17-8-6-16(2)7-9-17)25-26-23(27)32-15-22(28)24-19-11-10-18(29-3)13-20(19)30-4/h5-11,13H,1,12,14-15H2,2-4H3,(H,24,28). The van der Waals surface area contributed by atoms with Crippen molar-refractivity contribution >= 4 is 23.4 Å². The molecule has 32 heavy (non-hydrogen) atoms. The molecule has 2 aromatic carbocycles. The van der Waals surface area contributed by atoms with E-state index in [9.17, 15) is 4.79 Å². The number of hydrogen-bond donors (Lipinski definition) is 1. The Morgan fingerprint density at radius 3 is 2.56 bits per heavy atom. The molecule has 0 bridgehead atoms. The second-order valence-corrected chi connectivity index (χ2v) is 7.75. The molecule has 8 nitrogen and oxygen atoms in total. The third-order valence-corrected chi connectivity index (χ3v) is 5.48. The number of carbonyl (C=O) groups excluding carboxylic acids is 1. The summed E-state index contributed by atoms with van der Waals surface area (Å²) in [6, 6.07) is 13.0. The van der Waals surface area contributed by atoms with E-state index >= 15 is 0 Å².